The first kappa shape index (κ1) is 27.1. The van der Waals surface area contributed by atoms with Gasteiger partial charge in [0.2, 0.25) is 0 Å². The molecule has 0 aromatic heterocycles. The number of ketones is 1. The first-order valence-electron chi connectivity index (χ1n) is 11.1. The van der Waals surface area contributed by atoms with E-state index in [4.69, 9.17) is 13.3 Å². The minimum atomic E-state index is -2.99. The van der Waals surface area contributed by atoms with E-state index in [0.29, 0.717) is 25.6 Å². The van der Waals surface area contributed by atoms with Gasteiger partial charge in [0.1, 0.15) is 5.78 Å². The minimum absolute atomic E-state index is 0.225. The minimum Gasteiger partial charge on any atom is -0.373 e. The summed E-state index contributed by atoms with van der Waals surface area (Å²) < 4.78 is 18.2. The van der Waals surface area contributed by atoms with Crippen LogP contribution in [0.5, 0.6) is 0 Å². The summed E-state index contributed by atoms with van der Waals surface area (Å²) in [7, 11) is -2.99. The second-order valence-corrected chi connectivity index (χ2v) is 10.8. The third-order valence-corrected chi connectivity index (χ3v) is 9.26. The second-order valence-electron chi connectivity index (χ2n) is 6.88. The predicted octanol–water partition coefficient (Wildman–Crippen LogP) is 6.26. The Morgan fingerprint density at radius 2 is 1.30 bits per heavy atom. The van der Waals surface area contributed by atoms with Crippen LogP contribution in [0.2, 0.25) is 5.54 Å². The Kier molecular flexibility index (Phi) is 18.2. The summed E-state index contributed by atoms with van der Waals surface area (Å²) in [5.74, 6) is 1.81. The zero-order valence-electron chi connectivity index (χ0n) is 18.5. The topological polar surface area (TPSA) is 44.8 Å². The van der Waals surface area contributed by atoms with Gasteiger partial charge >= 0.3 is 8.80 Å². The van der Waals surface area contributed by atoms with Gasteiger partial charge in [0.25, 0.3) is 0 Å². The molecule has 0 aromatic carbocycles. The zero-order chi connectivity index (χ0) is 20.4. The van der Waals surface area contributed by atoms with Crippen molar-refractivity contribution in [3.63, 3.8) is 0 Å². The Morgan fingerprint density at radius 1 is 0.778 bits per heavy atom. The maximum Gasteiger partial charge on any atom is 0.511 e. The summed E-state index contributed by atoms with van der Waals surface area (Å²) >= 11 is 1.72. The van der Waals surface area contributed by atoms with Gasteiger partial charge < -0.3 is 13.3 Å². The summed E-state index contributed by atoms with van der Waals surface area (Å²) in [6.45, 7) is 11.8. The van der Waals surface area contributed by atoms with E-state index in [2.05, 4.69) is 13.8 Å². The SMILES string of the molecule is CCCCCCCCCC(C(=O)CSCCC)[Si](OCC)(OCC)OCC. The van der Waals surface area contributed by atoms with Gasteiger partial charge in [-0.3, -0.25) is 4.79 Å². The molecule has 0 bridgehead atoms. The van der Waals surface area contributed by atoms with Crippen molar-refractivity contribution in [2.45, 2.75) is 97.9 Å². The molecule has 0 fully saturated rings. The molecule has 0 aliphatic rings. The van der Waals surface area contributed by atoms with Crippen LogP contribution in [0.3, 0.4) is 0 Å². The number of thioether (sulfide) groups is 1. The number of hydrogen-bond donors (Lipinski definition) is 0. The average Bonchev–Trinajstić information content (AvgIpc) is 2.64. The fraction of sp³-hybridized carbons (Fsp3) is 0.952. The van der Waals surface area contributed by atoms with Crippen molar-refractivity contribution in [1.29, 1.82) is 0 Å². The Labute approximate surface area is 173 Å². The van der Waals surface area contributed by atoms with Crippen LogP contribution < -0.4 is 0 Å². The van der Waals surface area contributed by atoms with Gasteiger partial charge in [-0.1, -0.05) is 58.8 Å². The Hall–Kier alpha value is 0.117. The molecule has 0 aromatic rings. The number of hydrogen-bond acceptors (Lipinski definition) is 5. The number of carbonyl (C=O) groups excluding carboxylic acids is 1. The van der Waals surface area contributed by atoms with Crippen LogP contribution in [0.1, 0.15) is 92.4 Å². The van der Waals surface area contributed by atoms with Crippen LogP contribution in [-0.4, -0.2) is 45.9 Å². The molecule has 0 saturated carbocycles. The third kappa shape index (κ3) is 11.6. The maximum atomic E-state index is 13.1. The van der Waals surface area contributed by atoms with Gasteiger partial charge in [-0.25, -0.2) is 0 Å². The molecule has 1 atom stereocenters. The Bertz CT molecular complexity index is 338. The van der Waals surface area contributed by atoms with Crippen molar-refractivity contribution in [3.8, 4) is 0 Å². The van der Waals surface area contributed by atoms with Crippen molar-refractivity contribution in [2.24, 2.45) is 0 Å². The van der Waals surface area contributed by atoms with E-state index >= 15 is 0 Å². The van der Waals surface area contributed by atoms with Crippen LogP contribution in [0.15, 0.2) is 0 Å². The molecule has 0 saturated heterocycles. The van der Waals surface area contributed by atoms with E-state index in [-0.39, 0.29) is 11.3 Å². The molecular formula is C21H44O4SSi. The highest BCUT2D eigenvalue weighted by Gasteiger charge is 2.52. The standard InChI is InChI=1S/C21H44O4SSi/c1-6-11-12-13-14-15-16-17-21(20(22)19-26-18-7-2)27(23-8-3,24-9-4)25-10-5/h21H,6-19H2,1-5H3. The molecule has 0 heterocycles. The van der Waals surface area contributed by atoms with Crippen LogP contribution in [-0.2, 0) is 18.1 Å². The van der Waals surface area contributed by atoms with Crippen molar-refractivity contribution in [1.82, 2.24) is 0 Å². The fourth-order valence-electron chi connectivity index (χ4n) is 3.29. The monoisotopic (exact) mass is 420 g/mol. The second kappa shape index (κ2) is 18.2. The summed E-state index contributed by atoms with van der Waals surface area (Å²) in [5, 5.41) is 0. The van der Waals surface area contributed by atoms with E-state index in [9.17, 15) is 4.79 Å². The van der Waals surface area contributed by atoms with Crippen LogP contribution in [0.25, 0.3) is 0 Å². The molecule has 0 aliphatic carbocycles. The molecule has 0 aliphatic heterocycles. The lowest BCUT2D eigenvalue weighted by molar-refractivity contribution is -0.118. The van der Waals surface area contributed by atoms with Crippen LogP contribution in [0.4, 0.5) is 0 Å². The van der Waals surface area contributed by atoms with Crippen LogP contribution in [0, 0.1) is 0 Å². The molecule has 1 unspecified atom stereocenters. The van der Waals surface area contributed by atoms with Gasteiger partial charge in [-0.15, -0.1) is 0 Å². The van der Waals surface area contributed by atoms with Gasteiger partial charge in [0, 0.05) is 19.8 Å². The van der Waals surface area contributed by atoms with Gasteiger partial charge in [-0.2, -0.15) is 11.8 Å². The van der Waals surface area contributed by atoms with E-state index in [0.717, 1.165) is 25.0 Å². The molecule has 4 nitrogen and oxygen atoms in total. The molecule has 6 heteroatoms. The summed E-state index contributed by atoms with van der Waals surface area (Å²) in [6.07, 6.45) is 10.6. The fourth-order valence-corrected chi connectivity index (χ4v) is 7.39. The largest absolute Gasteiger partial charge is 0.511 e. The molecule has 162 valence electrons. The molecule has 27 heavy (non-hydrogen) atoms. The van der Waals surface area contributed by atoms with Gasteiger partial charge in [0.15, 0.2) is 0 Å². The highest BCUT2D eigenvalue weighted by Crippen LogP contribution is 2.33. The van der Waals surface area contributed by atoms with Crippen molar-refractivity contribution in [3.05, 3.63) is 0 Å². The molecule has 0 amide bonds. The van der Waals surface area contributed by atoms with Gasteiger partial charge in [0.05, 0.1) is 11.3 Å². The Balaban J connectivity index is 4.97. The third-order valence-electron chi connectivity index (χ3n) is 4.54. The van der Waals surface area contributed by atoms with E-state index in [1.54, 1.807) is 11.8 Å². The summed E-state index contributed by atoms with van der Waals surface area (Å²) in [6, 6.07) is 0. The first-order valence-corrected chi connectivity index (χ1v) is 14.1. The number of rotatable bonds is 20. The highest BCUT2D eigenvalue weighted by molar-refractivity contribution is 7.99. The normalized spacial score (nSPS) is 13.1. The molecule has 0 spiro atoms. The van der Waals surface area contributed by atoms with Crippen molar-refractivity contribution in [2.75, 3.05) is 31.3 Å². The number of carbonyl (C=O) groups is 1. The van der Waals surface area contributed by atoms with Crippen molar-refractivity contribution < 1.29 is 18.1 Å². The predicted molar refractivity (Wildman–Crippen MR) is 120 cm³/mol. The smallest absolute Gasteiger partial charge is 0.373 e. The molecule has 0 radical (unpaired) electrons. The van der Waals surface area contributed by atoms with E-state index < -0.39 is 8.80 Å². The molecular weight excluding hydrogens is 376 g/mol. The average molecular weight is 421 g/mol. The Morgan fingerprint density at radius 3 is 1.78 bits per heavy atom. The zero-order valence-corrected chi connectivity index (χ0v) is 20.3. The van der Waals surface area contributed by atoms with E-state index in [1.807, 2.05) is 20.8 Å². The summed E-state index contributed by atoms with van der Waals surface area (Å²) in [5.41, 5.74) is -0.225. The quantitative estimate of drug-likeness (QED) is 0.172. The van der Waals surface area contributed by atoms with Crippen molar-refractivity contribution >= 4 is 26.3 Å². The molecule has 0 N–H and O–H groups in total. The number of Topliss-reactive ketones (excluding diaryl/α,β-unsaturated/α-hetero) is 1. The lowest BCUT2D eigenvalue weighted by Crippen LogP contribution is -2.53. The number of unbranched alkanes of at least 4 members (excludes halogenated alkanes) is 6. The highest BCUT2D eigenvalue weighted by atomic mass is 32.2. The van der Waals surface area contributed by atoms with E-state index in [1.165, 1.54) is 38.5 Å². The lowest BCUT2D eigenvalue weighted by Gasteiger charge is -2.34. The molecule has 0 rings (SSSR count). The lowest BCUT2D eigenvalue weighted by atomic mass is 10.1. The first-order chi connectivity index (χ1) is 13.1. The van der Waals surface area contributed by atoms with Crippen LogP contribution >= 0.6 is 11.8 Å². The maximum absolute atomic E-state index is 13.1. The van der Waals surface area contributed by atoms with Gasteiger partial charge in [-0.05, 0) is 39.4 Å². The summed E-state index contributed by atoms with van der Waals surface area (Å²) in [4.78, 5) is 13.1.